The van der Waals surface area contributed by atoms with E-state index >= 15 is 0 Å². The fourth-order valence-electron chi connectivity index (χ4n) is 3.80. The van der Waals surface area contributed by atoms with Gasteiger partial charge in [0.15, 0.2) is 0 Å². The second kappa shape index (κ2) is 13.2. The van der Waals surface area contributed by atoms with Gasteiger partial charge in [-0.3, -0.25) is 14.7 Å². The first-order valence-electron chi connectivity index (χ1n) is 12.0. The van der Waals surface area contributed by atoms with Gasteiger partial charge in [0.05, 0.1) is 6.54 Å². The zero-order valence-electron chi connectivity index (χ0n) is 20.6. The monoisotopic (exact) mass is 525 g/mol. The van der Waals surface area contributed by atoms with Crippen molar-refractivity contribution in [3.8, 4) is 11.1 Å². The molecule has 192 valence electrons. The number of carboxylic acids is 1. The van der Waals surface area contributed by atoms with Crippen LogP contribution in [0.3, 0.4) is 0 Å². The van der Waals surface area contributed by atoms with Crippen LogP contribution in [0.4, 0.5) is 4.79 Å². The Labute approximate surface area is 225 Å². The van der Waals surface area contributed by atoms with E-state index in [1.165, 1.54) is 11.8 Å². The third-order valence-electron chi connectivity index (χ3n) is 5.76. The highest BCUT2D eigenvalue weighted by atomic mass is 32.2. The van der Waals surface area contributed by atoms with Crippen molar-refractivity contribution in [3.05, 3.63) is 126 Å². The summed E-state index contributed by atoms with van der Waals surface area (Å²) in [7, 11) is 0. The van der Waals surface area contributed by atoms with Crippen molar-refractivity contribution in [1.29, 1.82) is 0 Å². The molecule has 0 unspecified atom stereocenters. The maximum absolute atomic E-state index is 13.6. The molecule has 38 heavy (non-hydrogen) atoms. The maximum Gasteiger partial charge on any atom is 0.327 e. The van der Waals surface area contributed by atoms with Gasteiger partial charge in [0, 0.05) is 29.5 Å². The molecule has 1 atom stereocenters. The summed E-state index contributed by atoms with van der Waals surface area (Å²) in [6.45, 7) is -0.0580. The SMILES string of the molecule is O=C(O)[C@H](CSCc1ccccc1)NC(=O)N(Cc1cccnc1)C(=O)c1cccc(-c2ccccc2)c1. The number of benzene rings is 3. The van der Waals surface area contributed by atoms with Gasteiger partial charge in [0.25, 0.3) is 5.91 Å². The van der Waals surface area contributed by atoms with Crippen LogP contribution in [-0.2, 0) is 17.1 Å². The number of thioether (sulfide) groups is 1. The Morgan fingerprint density at radius 1 is 0.842 bits per heavy atom. The van der Waals surface area contributed by atoms with Crippen molar-refractivity contribution >= 4 is 29.7 Å². The highest BCUT2D eigenvalue weighted by molar-refractivity contribution is 7.98. The number of nitrogens with zero attached hydrogens (tertiary/aromatic N) is 2. The maximum atomic E-state index is 13.6. The summed E-state index contributed by atoms with van der Waals surface area (Å²) < 4.78 is 0. The van der Waals surface area contributed by atoms with Gasteiger partial charge in [-0.2, -0.15) is 11.8 Å². The number of carbonyl (C=O) groups excluding carboxylic acids is 2. The molecule has 7 nitrogen and oxygen atoms in total. The molecule has 4 aromatic rings. The highest BCUT2D eigenvalue weighted by Gasteiger charge is 2.28. The quantitative estimate of drug-likeness (QED) is 0.284. The molecule has 3 aromatic carbocycles. The first-order valence-corrected chi connectivity index (χ1v) is 13.2. The van der Waals surface area contributed by atoms with Crippen LogP contribution in [0.5, 0.6) is 0 Å². The van der Waals surface area contributed by atoms with Gasteiger partial charge in [-0.25, -0.2) is 9.59 Å². The van der Waals surface area contributed by atoms with Gasteiger partial charge >= 0.3 is 12.0 Å². The van der Waals surface area contributed by atoms with Crippen LogP contribution in [0.25, 0.3) is 11.1 Å². The van der Waals surface area contributed by atoms with Gasteiger partial charge < -0.3 is 10.4 Å². The Kier molecular flexibility index (Phi) is 9.26. The van der Waals surface area contributed by atoms with Crippen LogP contribution in [0.15, 0.2) is 109 Å². The average molecular weight is 526 g/mol. The minimum absolute atomic E-state index is 0.0580. The predicted octanol–water partition coefficient (Wildman–Crippen LogP) is 5.49. The van der Waals surface area contributed by atoms with E-state index in [4.69, 9.17) is 0 Å². The number of aromatic nitrogens is 1. The first-order chi connectivity index (χ1) is 18.5. The van der Waals surface area contributed by atoms with Crippen LogP contribution in [0, 0.1) is 0 Å². The number of amides is 3. The van der Waals surface area contributed by atoms with E-state index in [1.807, 2.05) is 66.7 Å². The summed E-state index contributed by atoms with van der Waals surface area (Å²) in [4.78, 5) is 44.0. The highest BCUT2D eigenvalue weighted by Crippen LogP contribution is 2.21. The van der Waals surface area contributed by atoms with E-state index in [-0.39, 0.29) is 12.3 Å². The molecule has 0 saturated carbocycles. The van der Waals surface area contributed by atoms with Gasteiger partial charge in [-0.15, -0.1) is 0 Å². The number of pyridine rings is 1. The van der Waals surface area contributed by atoms with Crippen molar-refractivity contribution in [1.82, 2.24) is 15.2 Å². The number of rotatable bonds is 10. The van der Waals surface area contributed by atoms with Crippen LogP contribution in [0.2, 0.25) is 0 Å². The minimum atomic E-state index is -1.17. The van der Waals surface area contributed by atoms with Crippen LogP contribution < -0.4 is 5.32 Å². The first kappa shape index (κ1) is 26.6. The summed E-state index contributed by atoms with van der Waals surface area (Å²) in [6, 6.07) is 27.8. The van der Waals surface area contributed by atoms with Gasteiger partial charge in [0.1, 0.15) is 6.04 Å². The van der Waals surface area contributed by atoms with Crippen molar-refractivity contribution in [3.63, 3.8) is 0 Å². The summed E-state index contributed by atoms with van der Waals surface area (Å²) in [5, 5.41) is 12.3. The number of hydrogen-bond donors (Lipinski definition) is 2. The number of urea groups is 1. The molecule has 0 saturated heterocycles. The molecule has 8 heteroatoms. The molecule has 2 N–H and O–H groups in total. The number of imide groups is 1. The minimum Gasteiger partial charge on any atom is -0.480 e. The molecular formula is C30H27N3O4S. The molecular weight excluding hydrogens is 498 g/mol. The average Bonchev–Trinajstić information content (AvgIpc) is 2.96. The Morgan fingerprint density at radius 2 is 1.53 bits per heavy atom. The molecule has 0 spiro atoms. The summed E-state index contributed by atoms with van der Waals surface area (Å²) in [5.74, 6) is -0.955. The van der Waals surface area contributed by atoms with Gasteiger partial charge in [0.2, 0.25) is 0 Å². The zero-order chi connectivity index (χ0) is 26.7. The molecule has 4 rings (SSSR count). The second-order valence-electron chi connectivity index (χ2n) is 8.54. The van der Waals surface area contributed by atoms with Crippen molar-refractivity contribution in [2.75, 3.05) is 5.75 Å². The lowest BCUT2D eigenvalue weighted by Gasteiger charge is -2.24. The van der Waals surface area contributed by atoms with Crippen molar-refractivity contribution in [2.45, 2.75) is 18.3 Å². The van der Waals surface area contributed by atoms with Gasteiger partial charge in [-0.1, -0.05) is 78.9 Å². The zero-order valence-corrected chi connectivity index (χ0v) is 21.4. The Balaban J connectivity index is 1.53. The topological polar surface area (TPSA) is 99.6 Å². The standard InChI is InChI=1S/C30H27N3O4S/c34-28(26-15-7-14-25(17-26)24-12-5-2-6-13-24)33(19-23-11-8-16-31-18-23)30(37)32-27(29(35)36)21-38-20-22-9-3-1-4-10-22/h1-18,27H,19-21H2,(H,32,37)(H,35,36)/t27-/m0/s1. The molecule has 0 aliphatic rings. The van der Waals surface area contributed by atoms with E-state index in [2.05, 4.69) is 10.3 Å². The summed E-state index contributed by atoms with van der Waals surface area (Å²) >= 11 is 1.40. The molecule has 0 aliphatic carbocycles. The van der Waals surface area contributed by atoms with Gasteiger partial charge in [-0.05, 0) is 40.5 Å². The largest absolute Gasteiger partial charge is 0.480 e. The fourth-order valence-corrected chi connectivity index (χ4v) is 4.81. The third kappa shape index (κ3) is 7.30. The Morgan fingerprint density at radius 3 is 2.21 bits per heavy atom. The molecule has 0 fully saturated rings. The number of nitrogens with one attached hydrogen (secondary N) is 1. The van der Waals surface area contributed by atoms with Crippen LogP contribution in [-0.4, -0.2) is 44.7 Å². The van der Waals surface area contributed by atoms with Crippen LogP contribution >= 0.6 is 11.8 Å². The molecule has 1 heterocycles. The van der Waals surface area contributed by atoms with E-state index in [1.54, 1.807) is 42.7 Å². The Bertz CT molecular complexity index is 1370. The third-order valence-corrected chi connectivity index (χ3v) is 6.87. The van der Waals surface area contributed by atoms with E-state index in [9.17, 15) is 19.5 Å². The number of carbonyl (C=O) groups is 3. The fraction of sp³-hybridized carbons (Fsp3) is 0.133. The van der Waals surface area contributed by atoms with E-state index < -0.39 is 23.9 Å². The molecule has 0 aliphatic heterocycles. The number of carboxylic acid groups (broad SMARTS) is 1. The number of hydrogen-bond acceptors (Lipinski definition) is 5. The lowest BCUT2D eigenvalue weighted by atomic mass is 10.0. The lowest BCUT2D eigenvalue weighted by molar-refractivity contribution is -0.138. The van der Waals surface area contributed by atoms with Crippen molar-refractivity contribution < 1.29 is 19.5 Å². The summed E-state index contributed by atoms with van der Waals surface area (Å²) in [6.07, 6.45) is 3.17. The Hall–Kier alpha value is -4.43. The normalized spacial score (nSPS) is 11.4. The molecule has 3 amide bonds. The number of aliphatic carboxylic acids is 1. The van der Waals surface area contributed by atoms with E-state index in [0.717, 1.165) is 21.6 Å². The molecule has 1 aromatic heterocycles. The molecule has 0 bridgehead atoms. The summed E-state index contributed by atoms with van der Waals surface area (Å²) in [5.41, 5.74) is 3.78. The van der Waals surface area contributed by atoms with Crippen molar-refractivity contribution in [2.24, 2.45) is 0 Å². The lowest BCUT2D eigenvalue weighted by Crippen LogP contribution is -2.50. The van der Waals surface area contributed by atoms with Crippen LogP contribution in [0.1, 0.15) is 21.5 Å². The predicted molar refractivity (Wildman–Crippen MR) is 149 cm³/mol. The smallest absolute Gasteiger partial charge is 0.327 e. The second-order valence-corrected chi connectivity index (χ2v) is 9.57. The molecule has 0 radical (unpaired) electrons. The van der Waals surface area contributed by atoms with E-state index in [0.29, 0.717) is 16.9 Å².